The zero-order valence-corrected chi connectivity index (χ0v) is 23.9. The lowest BCUT2D eigenvalue weighted by molar-refractivity contribution is -0.151. The molecule has 2 saturated carbocycles. The number of amides is 1. The lowest BCUT2D eigenvalue weighted by Crippen LogP contribution is -2.49. The molecule has 216 valence electrons. The van der Waals surface area contributed by atoms with E-state index in [1.807, 2.05) is 51.1 Å². The van der Waals surface area contributed by atoms with Gasteiger partial charge in [0, 0.05) is 22.7 Å². The van der Waals surface area contributed by atoms with E-state index >= 15 is 0 Å². The van der Waals surface area contributed by atoms with Crippen LogP contribution in [-0.2, 0) is 19.1 Å². The minimum atomic E-state index is -1.09. The minimum Gasteiger partial charge on any atom is -0.496 e. The van der Waals surface area contributed by atoms with E-state index in [0.29, 0.717) is 34.8 Å². The van der Waals surface area contributed by atoms with Crippen molar-refractivity contribution in [2.75, 3.05) is 13.7 Å². The summed E-state index contributed by atoms with van der Waals surface area (Å²) in [6.07, 6.45) is 0.247. The van der Waals surface area contributed by atoms with Crippen LogP contribution >= 0.6 is 0 Å². The molecule has 1 aromatic carbocycles. The fourth-order valence-corrected chi connectivity index (χ4v) is 5.85. The molecule has 0 saturated heterocycles. The van der Waals surface area contributed by atoms with Gasteiger partial charge in [0.2, 0.25) is 5.91 Å². The molecule has 2 aliphatic rings. The van der Waals surface area contributed by atoms with Gasteiger partial charge in [-0.05, 0) is 70.2 Å². The van der Waals surface area contributed by atoms with Crippen molar-refractivity contribution in [3.8, 4) is 22.9 Å². The number of rotatable bonds is 9. The van der Waals surface area contributed by atoms with Gasteiger partial charge in [0.05, 0.1) is 42.5 Å². The highest BCUT2D eigenvalue weighted by Gasteiger charge is 2.61. The van der Waals surface area contributed by atoms with E-state index in [2.05, 4.69) is 10.3 Å². The number of carboxylic acids is 1. The molecule has 0 radical (unpaired) electrons. The number of nitrogens with one attached hydrogen (secondary N) is 1. The number of benzene rings is 1. The first-order valence-electron chi connectivity index (χ1n) is 13.9. The van der Waals surface area contributed by atoms with Crippen LogP contribution in [0.25, 0.3) is 22.3 Å². The van der Waals surface area contributed by atoms with Crippen LogP contribution in [0.3, 0.4) is 0 Å². The lowest BCUT2D eigenvalue weighted by Gasteiger charge is -2.21. The Hall–Kier alpha value is -4.21. The first-order valence-corrected chi connectivity index (χ1v) is 13.9. The molecule has 0 spiro atoms. The van der Waals surface area contributed by atoms with Gasteiger partial charge >= 0.3 is 11.9 Å². The number of aliphatic carboxylic acids is 1. The van der Waals surface area contributed by atoms with E-state index in [4.69, 9.17) is 19.2 Å². The van der Waals surface area contributed by atoms with Crippen molar-refractivity contribution in [2.45, 2.75) is 58.6 Å². The molecule has 41 heavy (non-hydrogen) atoms. The summed E-state index contributed by atoms with van der Waals surface area (Å²) in [5, 5.41) is 13.6. The molecule has 0 unspecified atom stereocenters. The van der Waals surface area contributed by atoms with Gasteiger partial charge in [-0.2, -0.15) is 0 Å². The number of hydrogen-bond acceptors (Lipinski definition) is 8. The highest BCUT2D eigenvalue weighted by Crippen LogP contribution is 2.46. The van der Waals surface area contributed by atoms with Crippen LogP contribution in [0.1, 0.15) is 44.4 Å². The fraction of sp³-hybridized carbons (Fsp3) is 0.452. The second kappa shape index (κ2) is 11.0. The van der Waals surface area contributed by atoms with Gasteiger partial charge in [0.25, 0.3) is 0 Å². The van der Waals surface area contributed by atoms with E-state index in [-0.39, 0.29) is 25.4 Å². The number of ether oxygens (including phenoxy) is 3. The quantitative estimate of drug-likeness (QED) is 0.368. The summed E-state index contributed by atoms with van der Waals surface area (Å²) in [6.45, 7) is 7.59. The van der Waals surface area contributed by atoms with Crippen molar-refractivity contribution >= 4 is 28.7 Å². The van der Waals surface area contributed by atoms with Crippen LogP contribution in [-0.4, -0.2) is 58.3 Å². The summed E-state index contributed by atoms with van der Waals surface area (Å²) < 4.78 is 17.2. The smallest absolute Gasteiger partial charge is 0.332 e. The predicted octanol–water partition coefficient (Wildman–Crippen LogP) is 4.24. The van der Waals surface area contributed by atoms with E-state index in [0.717, 1.165) is 16.6 Å². The van der Waals surface area contributed by atoms with Crippen molar-refractivity contribution in [1.29, 1.82) is 0 Å². The summed E-state index contributed by atoms with van der Waals surface area (Å²) in [4.78, 5) is 47.7. The summed E-state index contributed by atoms with van der Waals surface area (Å²) in [7, 11) is 1.60. The largest absolute Gasteiger partial charge is 0.496 e. The average Bonchev–Trinajstić information content (AvgIpc) is 3.39. The topological polar surface area (TPSA) is 137 Å². The highest BCUT2D eigenvalue weighted by molar-refractivity contribution is 5.94. The summed E-state index contributed by atoms with van der Waals surface area (Å²) in [5.41, 5.74) is 2.54. The molecular formula is C31H35N3O7. The molecule has 10 nitrogen and oxygen atoms in total. The maximum absolute atomic E-state index is 13.4. The number of carbonyl (C=O) groups is 3. The molecule has 5 rings (SSSR count). The number of carbonyl (C=O) groups excluding carboxylic acids is 2. The molecule has 10 heteroatoms. The van der Waals surface area contributed by atoms with Gasteiger partial charge in [-0.15, -0.1) is 0 Å². The van der Waals surface area contributed by atoms with E-state index in [1.165, 1.54) is 0 Å². The molecule has 2 aromatic heterocycles. The van der Waals surface area contributed by atoms with Crippen molar-refractivity contribution in [2.24, 2.45) is 17.8 Å². The molecule has 0 aliphatic heterocycles. The van der Waals surface area contributed by atoms with Crippen LogP contribution in [0.15, 0.2) is 36.4 Å². The minimum absolute atomic E-state index is 0.0840. The number of carboxylic acid groups (broad SMARTS) is 1. The van der Waals surface area contributed by atoms with Crippen LogP contribution in [0.4, 0.5) is 0 Å². The first kappa shape index (κ1) is 28.3. The number of pyridine rings is 2. The molecule has 2 fully saturated rings. The number of nitrogens with zero attached hydrogens (tertiary/aromatic N) is 2. The summed E-state index contributed by atoms with van der Waals surface area (Å²) >= 11 is 0. The Bertz CT molecular complexity index is 1520. The Kier molecular flexibility index (Phi) is 7.59. The third kappa shape index (κ3) is 5.30. The van der Waals surface area contributed by atoms with Gasteiger partial charge in [0.1, 0.15) is 23.1 Å². The van der Waals surface area contributed by atoms with Crippen LogP contribution in [0.2, 0.25) is 0 Å². The van der Waals surface area contributed by atoms with E-state index in [1.54, 1.807) is 20.1 Å². The Morgan fingerprint density at radius 2 is 1.78 bits per heavy atom. The third-order valence-corrected chi connectivity index (χ3v) is 8.28. The van der Waals surface area contributed by atoms with Crippen LogP contribution in [0, 0.1) is 31.6 Å². The third-order valence-electron chi connectivity index (χ3n) is 8.28. The predicted molar refractivity (Wildman–Crippen MR) is 151 cm³/mol. The molecule has 2 heterocycles. The molecule has 0 bridgehead atoms. The van der Waals surface area contributed by atoms with Crippen LogP contribution < -0.4 is 14.8 Å². The monoisotopic (exact) mass is 561 g/mol. The molecular weight excluding hydrogens is 526 g/mol. The summed E-state index contributed by atoms with van der Waals surface area (Å²) in [6, 6.07) is 11.2. The number of aromatic nitrogens is 2. The lowest BCUT2D eigenvalue weighted by atomic mass is 9.95. The standard InChI is InChI=1S/C31H35N3O7/c1-6-40-30(38)31(15-16(31)2)34-28(35)21-12-19(13-22(21)29(36)37)41-26-14-24(23-9-7-8-17(3)32-23)33-27-18(4)25(39-5)11-10-20(26)27/h7-11,14,16,19,21-22H,6,12-13,15H2,1-5H3,(H,34,35)(H,36,37)/t16-,19-,21-,22-,31-/m1/s1. The normalized spacial score (nSPS) is 25.0. The Balaban J connectivity index is 1.46. The second-order valence-corrected chi connectivity index (χ2v) is 11.0. The van der Waals surface area contributed by atoms with Crippen molar-refractivity contribution < 1.29 is 33.7 Å². The van der Waals surface area contributed by atoms with Crippen molar-refractivity contribution in [3.05, 3.63) is 47.7 Å². The Labute approximate surface area is 238 Å². The number of fused-ring (bicyclic) bond motifs is 1. The van der Waals surface area contributed by atoms with E-state index in [9.17, 15) is 19.5 Å². The second-order valence-electron chi connectivity index (χ2n) is 11.0. The van der Waals surface area contributed by atoms with Crippen molar-refractivity contribution in [3.63, 3.8) is 0 Å². The average molecular weight is 562 g/mol. The SMILES string of the molecule is CCOC(=O)[C@@]1(NC(=O)[C@@H]2C[C@@H](Oc3cc(-c4cccc(C)n4)nc4c(C)c(OC)ccc34)C[C@H]2C(=O)O)C[C@H]1C. The van der Waals surface area contributed by atoms with Gasteiger partial charge in [-0.3, -0.25) is 14.6 Å². The van der Waals surface area contributed by atoms with Gasteiger partial charge in [-0.25, -0.2) is 9.78 Å². The van der Waals surface area contributed by atoms with Gasteiger partial charge < -0.3 is 24.6 Å². The Morgan fingerprint density at radius 3 is 2.41 bits per heavy atom. The van der Waals surface area contributed by atoms with E-state index < -0.39 is 41.3 Å². The van der Waals surface area contributed by atoms with Gasteiger partial charge in [0.15, 0.2) is 0 Å². The van der Waals surface area contributed by atoms with Gasteiger partial charge in [-0.1, -0.05) is 13.0 Å². The summed E-state index contributed by atoms with van der Waals surface area (Å²) in [5.74, 6) is -2.72. The Morgan fingerprint density at radius 1 is 1.05 bits per heavy atom. The zero-order chi connectivity index (χ0) is 29.5. The number of aryl methyl sites for hydroxylation is 2. The van der Waals surface area contributed by atoms with Crippen molar-refractivity contribution in [1.82, 2.24) is 15.3 Å². The molecule has 3 aromatic rings. The van der Waals surface area contributed by atoms with Crippen LogP contribution in [0.5, 0.6) is 11.5 Å². The number of hydrogen-bond donors (Lipinski definition) is 2. The maximum atomic E-state index is 13.4. The molecule has 2 N–H and O–H groups in total. The zero-order valence-electron chi connectivity index (χ0n) is 23.9. The maximum Gasteiger partial charge on any atom is 0.332 e. The number of esters is 1. The molecule has 2 aliphatic carbocycles. The highest BCUT2D eigenvalue weighted by atomic mass is 16.5. The fourth-order valence-electron chi connectivity index (χ4n) is 5.85. The molecule has 5 atom stereocenters. The first-order chi connectivity index (χ1) is 19.6. The number of methoxy groups -OCH3 is 1. The molecule has 1 amide bonds.